The first-order valence-corrected chi connectivity index (χ1v) is 5.22. The van der Waals surface area contributed by atoms with Crippen LogP contribution in [0.15, 0.2) is 0 Å². The quantitative estimate of drug-likeness (QED) is 0.595. The smallest absolute Gasteiger partial charge is 0.323 e. The third-order valence-electron chi connectivity index (χ3n) is 1.97. The molecule has 0 aliphatic carbocycles. The minimum absolute atomic E-state index is 0.114. The molecule has 0 aliphatic heterocycles. The number of nitrogens with two attached hydrogens (primary N) is 1. The van der Waals surface area contributed by atoms with Gasteiger partial charge in [-0.3, -0.25) is 9.59 Å². The van der Waals surface area contributed by atoms with E-state index in [0.29, 0.717) is 13.0 Å². The molecule has 0 heterocycles. The average molecular weight is 216 g/mol. The van der Waals surface area contributed by atoms with E-state index >= 15 is 0 Å². The van der Waals surface area contributed by atoms with Gasteiger partial charge in [-0.15, -0.1) is 0 Å². The van der Waals surface area contributed by atoms with Crippen molar-refractivity contribution in [1.29, 1.82) is 0 Å². The number of carbonyl (C=O) groups excluding carboxylic acids is 2. The summed E-state index contributed by atoms with van der Waals surface area (Å²) in [6, 6.07) is -0.476. The van der Waals surface area contributed by atoms with Crippen molar-refractivity contribution in [2.24, 2.45) is 5.73 Å². The molecule has 0 spiro atoms. The van der Waals surface area contributed by atoms with Crippen LogP contribution >= 0.6 is 0 Å². The predicted octanol–water partition coefficient (Wildman–Crippen LogP) is 0.182. The lowest BCUT2D eigenvalue weighted by molar-refractivity contribution is -0.146. The average Bonchev–Trinajstić information content (AvgIpc) is 2.13. The van der Waals surface area contributed by atoms with Crippen molar-refractivity contribution in [3.63, 3.8) is 0 Å². The maximum absolute atomic E-state index is 11.4. The van der Waals surface area contributed by atoms with Gasteiger partial charge in [0, 0.05) is 12.5 Å². The number of hydrogen-bond acceptors (Lipinski definition) is 4. The van der Waals surface area contributed by atoms with Gasteiger partial charge in [0.25, 0.3) is 0 Å². The van der Waals surface area contributed by atoms with Gasteiger partial charge in [-0.1, -0.05) is 6.92 Å². The molecular weight excluding hydrogens is 196 g/mol. The topological polar surface area (TPSA) is 81.4 Å². The Labute approximate surface area is 90.4 Å². The number of hydrogen-bond donors (Lipinski definition) is 2. The summed E-state index contributed by atoms with van der Waals surface area (Å²) in [6.45, 7) is 5.82. The van der Waals surface area contributed by atoms with E-state index < -0.39 is 0 Å². The molecule has 0 rings (SSSR count). The number of rotatable bonds is 7. The minimum atomic E-state index is -0.381. The van der Waals surface area contributed by atoms with Crippen molar-refractivity contribution in [1.82, 2.24) is 5.32 Å². The normalized spacial score (nSPS) is 14.3. The summed E-state index contributed by atoms with van der Waals surface area (Å²) < 4.78 is 4.88. The Bertz CT molecular complexity index is 219. The van der Waals surface area contributed by atoms with Crippen LogP contribution in [-0.2, 0) is 14.3 Å². The Kier molecular flexibility index (Phi) is 6.70. The van der Waals surface area contributed by atoms with E-state index in [1.54, 1.807) is 6.92 Å². The number of amides is 1. The van der Waals surface area contributed by atoms with Crippen LogP contribution < -0.4 is 11.1 Å². The first-order chi connectivity index (χ1) is 7.01. The van der Waals surface area contributed by atoms with E-state index in [9.17, 15) is 9.59 Å². The maximum Gasteiger partial charge on any atom is 0.323 e. The van der Waals surface area contributed by atoms with Crippen molar-refractivity contribution in [2.75, 3.05) is 6.61 Å². The van der Waals surface area contributed by atoms with E-state index in [-0.39, 0.29) is 30.4 Å². The highest BCUT2D eigenvalue weighted by molar-refractivity contribution is 5.76. The van der Waals surface area contributed by atoms with Gasteiger partial charge in [-0.25, -0.2) is 0 Å². The van der Waals surface area contributed by atoms with Gasteiger partial charge in [-0.2, -0.15) is 0 Å². The zero-order valence-electron chi connectivity index (χ0n) is 9.58. The van der Waals surface area contributed by atoms with E-state index in [2.05, 4.69) is 5.32 Å². The summed E-state index contributed by atoms with van der Waals surface area (Å²) in [7, 11) is 0. The third kappa shape index (κ3) is 6.06. The second-order valence-corrected chi connectivity index (χ2v) is 3.45. The fourth-order valence-electron chi connectivity index (χ4n) is 1.30. The van der Waals surface area contributed by atoms with Crippen molar-refractivity contribution in [3.05, 3.63) is 0 Å². The van der Waals surface area contributed by atoms with E-state index in [0.717, 1.165) is 0 Å². The Hall–Kier alpha value is -1.10. The predicted molar refractivity (Wildman–Crippen MR) is 57.1 cm³/mol. The summed E-state index contributed by atoms with van der Waals surface area (Å²) in [6.07, 6.45) is 0.845. The first-order valence-electron chi connectivity index (χ1n) is 5.22. The molecule has 15 heavy (non-hydrogen) atoms. The molecule has 3 N–H and O–H groups in total. The molecule has 0 saturated carbocycles. The Balaban J connectivity index is 4.08. The number of esters is 1. The number of primary amides is 1. The second-order valence-electron chi connectivity index (χ2n) is 3.45. The molecule has 0 aromatic carbocycles. The van der Waals surface area contributed by atoms with Crippen LogP contribution in [0.5, 0.6) is 0 Å². The molecule has 0 aromatic rings. The standard InChI is InChI=1S/C10H20N2O3/c1-4-8(10(14)15-5-2)12-7(3)6-9(11)13/h7-8,12H,4-6H2,1-3H3,(H2,11,13). The van der Waals surface area contributed by atoms with Gasteiger partial charge >= 0.3 is 5.97 Å². The van der Waals surface area contributed by atoms with Crippen LogP contribution in [-0.4, -0.2) is 30.6 Å². The molecule has 2 unspecified atom stereocenters. The summed E-state index contributed by atoms with van der Waals surface area (Å²) in [5, 5.41) is 3.01. The summed E-state index contributed by atoms with van der Waals surface area (Å²) in [4.78, 5) is 22.0. The zero-order valence-corrected chi connectivity index (χ0v) is 9.58. The first kappa shape index (κ1) is 13.9. The van der Waals surface area contributed by atoms with Gasteiger partial charge in [0.1, 0.15) is 6.04 Å². The van der Waals surface area contributed by atoms with E-state index in [1.165, 1.54) is 0 Å². The highest BCUT2D eigenvalue weighted by Crippen LogP contribution is 1.99. The molecule has 0 saturated heterocycles. The number of carbonyl (C=O) groups is 2. The lowest BCUT2D eigenvalue weighted by atomic mass is 10.1. The highest BCUT2D eigenvalue weighted by Gasteiger charge is 2.19. The monoisotopic (exact) mass is 216 g/mol. The van der Waals surface area contributed by atoms with Gasteiger partial charge < -0.3 is 15.8 Å². The molecular formula is C10H20N2O3. The number of nitrogens with one attached hydrogen (secondary N) is 1. The van der Waals surface area contributed by atoms with Gasteiger partial charge in [-0.05, 0) is 20.3 Å². The van der Waals surface area contributed by atoms with Crippen LogP contribution in [0.25, 0.3) is 0 Å². The van der Waals surface area contributed by atoms with Gasteiger partial charge in [0.15, 0.2) is 0 Å². The molecule has 0 fully saturated rings. The molecule has 1 amide bonds. The summed E-state index contributed by atoms with van der Waals surface area (Å²) in [5.41, 5.74) is 5.05. The summed E-state index contributed by atoms with van der Waals surface area (Å²) in [5.74, 6) is -0.662. The SMILES string of the molecule is CCOC(=O)C(CC)NC(C)CC(N)=O. The molecule has 2 atom stereocenters. The van der Waals surface area contributed by atoms with Crippen LogP contribution in [0, 0.1) is 0 Å². The van der Waals surface area contributed by atoms with Crippen molar-refractivity contribution < 1.29 is 14.3 Å². The lowest BCUT2D eigenvalue weighted by Gasteiger charge is -2.19. The van der Waals surface area contributed by atoms with Gasteiger partial charge in [0.2, 0.25) is 5.91 Å². The molecule has 0 bridgehead atoms. The second kappa shape index (κ2) is 7.23. The van der Waals surface area contributed by atoms with Gasteiger partial charge in [0.05, 0.1) is 6.61 Å². The molecule has 0 radical (unpaired) electrons. The fraction of sp³-hybridized carbons (Fsp3) is 0.800. The van der Waals surface area contributed by atoms with Crippen molar-refractivity contribution >= 4 is 11.9 Å². The molecule has 0 aromatic heterocycles. The van der Waals surface area contributed by atoms with Crippen LogP contribution in [0.2, 0.25) is 0 Å². The third-order valence-corrected chi connectivity index (χ3v) is 1.97. The largest absolute Gasteiger partial charge is 0.465 e. The van der Waals surface area contributed by atoms with Crippen LogP contribution in [0.4, 0.5) is 0 Å². The zero-order chi connectivity index (χ0) is 11.8. The van der Waals surface area contributed by atoms with Crippen LogP contribution in [0.1, 0.15) is 33.6 Å². The fourth-order valence-corrected chi connectivity index (χ4v) is 1.30. The van der Waals surface area contributed by atoms with Crippen molar-refractivity contribution in [3.8, 4) is 0 Å². The Morgan fingerprint density at radius 3 is 2.40 bits per heavy atom. The van der Waals surface area contributed by atoms with Crippen molar-refractivity contribution in [2.45, 2.75) is 45.7 Å². The molecule has 5 heteroatoms. The maximum atomic E-state index is 11.4. The highest BCUT2D eigenvalue weighted by atomic mass is 16.5. The van der Waals surface area contributed by atoms with Crippen LogP contribution in [0.3, 0.4) is 0 Å². The number of ether oxygens (including phenoxy) is 1. The lowest BCUT2D eigenvalue weighted by Crippen LogP contribution is -2.44. The molecule has 88 valence electrons. The molecule has 5 nitrogen and oxygen atoms in total. The van der Waals surface area contributed by atoms with E-state index in [1.807, 2.05) is 13.8 Å². The Morgan fingerprint density at radius 2 is 2.00 bits per heavy atom. The van der Waals surface area contributed by atoms with E-state index in [4.69, 9.17) is 10.5 Å². The molecule has 0 aliphatic rings. The summed E-state index contributed by atoms with van der Waals surface area (Å²) >= 11 is 0. The minimum Gasteiger partial charge on any atom is -0.465 e. The Morgan fingerprint density at radius 1 is 1.40 bits per heavy atom.